The molecule has 1 N–H and O–H groups in total. The first-order chi connectivity index (χ1) is 10.6. The minimum Gasteiger partial charge on any atom is -0.354 e. The summed E-state index contributed by atoms with van der Waals surface area (Å²) in [6, 6.07) is 0. The van der Waals surface area contributed by atoms with Crippen molar-refractivity contribution in [1.82, 2.24) is 20.1 Å². The molecule has 0 atom stereocenters. The van der Waals surface area contributed by atoms with Crippen LogP contribution in [0, 0.1) is 5.82 Å². The number of halogens is 1. The fraction of sp³-hybridized carbons (Fsp3) is 0.571. The maximum Gasteiger partial charge on any atom is 0.229 e. The van der Waals surface area contributed by atoms with Gasteiger partial charge in [-0.25, -0.2) is 9.37 Å². The molecule has 1 aliphatic rings. The van der Waals surface area contributed by atoms with E-state index in [1.807, 2.05) is 18.7 Å². The van der Waals surface area contributed by atoms with Gasteiger partial charge in [-0.05, 0) is 12.8 Å². The zero-order chi connectivity index (χ0) is 15.5. The van der Waals surface area contributed by atoms with Gasteiger partial charge in [0.1, 0.15) is 0 Å². The van der Waals surface area contributed by atoms with Gasteiger partial charge in [-0.3, -0.25) is 0 Å². The van der Waals surface area contributed by atoms with Crippen LogP contribution in [0.1, 0.15) is 44.3 Å². The molecule has 7 nitrogen and oxygen atoms in total. The highest BCUT2D eigenvalue weighted by atomic mass is 19.1. The molecule has 1 saturated heterocycles. The van der Waals surface area contributed by atoms with Crippen LogP contribution in [0.3, 0.4) is 0 Å². The summed E-state index contributed by atoms with van der Waals surface area (Å²) < 4.78 is 19.0. The summed E-state index contributed by atoms with van der Waals surface area (Å²) in [7, 11) is 0. The smallest absolute Gasteiger partial charge is 0.229 e. The predicted molar refractivity (Wildman–Crippen MR) is 79.2 cm³/mol. The van der Waals surface area contributed by atoms with Crippen LogP contribution in [0.15, 0.2) is 10.7 Å². The molecule has 2 aromatic heterocycles. The second-order valence-electron chi connectivity index (χ2n) is 5.62. The van der Waals surface area contributed by atoms with E-state index in [0.717, 1.165) is 25.9 Å². The molecule has 2 aromatic rings. The van der Waals surface area contributed by atoms with Gasteiger partial charge < -0.3 is 14.7 Å². The molecule has 0 aromatic carbocycles. The van der Waals surface area contributed by atoms with E-state index in [1.54, 1.807) is 0 Å². The molecule has 0 unspecified atom stereocenters. The highest BCUT2D eigenvalue weighted by molar-refractivity contribution is 5.44. The third kappa shape index (κ3) is 3.15. The monoisotopic (exact) mass is 306 g/mol. The van der Waals surface area contributed by atoms with Crippen LogP contribution in [0.25, 0.3) is 0 Å². The van der Waals surface area contributed by atoms with Gasteiger partial charge in [-0.2, -0.15) is 9.97 Å². The largest absolute Gasteiger partial charge is 0.354 e. The van der Waals surface area contributed by atoms with Crippen molar-refractivity contribution in [2.75, 3.05) is 23.3 Å². The Kier molecular flexibility index (Phi) is 4.17. The molecule has 0 spiro atoms. The molecule has 0 saturated carbocycles. The average molecular weight is 306 g/mol. The van der Waals surface area contributed by atoms with E-state index in [1.165, 1.54) is 6.20 Å². The summed E-state index contributed by atoms with van der Waals surface area (Å²) in [5.74, 6) is 1.62. The Morgan fingerprint density at radius 2 is 2.09 bits per heavy atom. The average Bonchev–Trinajstić information content (AvgIpc) is 3.18. The maximum absolute atomic E-state index is 13.8. The van der Waals surface area contributed by atoms with Crippen LogP contribution in [-0.2, 0) is 6.54 Å². The molecular formula is C14H19FN6O. The van der Waals surface area contributed by atoms with Crippen LogP contribution in [0.2, 0.25) is 0 Å². The molecule has 0 amide bonds. The van der Waals surface area contributed by atoms with E-state index in [9.17, 15) is 4.39 Å². The number of anilines is 2. The Bertz CT molecular complexity index is 638. The Hall–Kier alpha value is -2.25. The van der Waals surface area contributed by atoms with Crippen LogP contribution < -0.4 is 10.2 Å². The molecule has 1 aliphatic heterocycles. The maximum atomic E-state index is 13.8. The SMILES string of the molecule is CC(C)c1nc(CNc2ncc(F)c(N3CCCC3)n2)no1. The van der Waals surface area contributed by atoms with E-state index in [0.29, 0.717) is 30.0 Å². The van der Waals surface area contributed by atoms with Gasteiger partial charge in [0, 0.05) is 19.0 Å². The summed E-state index contributed by atoms with van der Waals surface area (Å²) in [5.41, 5.74) is 0. The third-order valence-corrected chi connectivity index (χ3v) is 3.51. The molecule has 1 fully saturated rings. The Labute approximate surface area is 128 Å². The number of nitrogens with zero attached hydrogens (tertiary/aromatic N) is 5. The molecule has 3 rings (SSSR count). The fourth-order valence-corrected chi connectivity index (χ4v) is 2.33. The van der Waals surface area contributed by atoms with Gasteiger partial charge in [0.25, 0.3) is 0 Å². The summed E-state index contributed by atoms with van der Waals surface area (Å²) in [4.78, 5) is 14.4. The number of hydrogen-bond donors (Lipinski definition) is 1. The van der Waals surface area contributed by atoms with Gasteiger partial charge in [0.15, 0.2) is 17.5 Å². The molecular weight excluding hydrogens is 287 g/mol. The second-order valence-corrected chi connectivity index (χ2v) is 5.62. The topological polar surface area (TPSA) is 80.0 Å². The highest BCUT2D eigenvalue weighted by Crippen LogP contribution is 2.22. The fourth-order valence-electron chi connectivity index (χ4n) is 2.33. The number of hydrogen-bond acceptors (Lipinski definition) is 7. The normalized spacial score (nSPS) is 14.8. The van der Waals surface area contributed by atoms with Gasteiger partial charge in [-0.15, -0.1) is 0 Å². The van der Waals surface area contributed by atoms with Crippen LogP contribution >= 0.6 is 0 Å². The lowest BCUT2D eigenvalue weighted by molar-refractivity contribution is 0.361. The van der Waals surface area contributed by atoms with E-state index in [4.69, 9.17) is 4.52 Å². The molecule has 0 radical (unpaired) electrons. The first-order valence-corrected chi connectivity index (χ1v) is 7.47. The van der Waals surface area contributed by atoms with Crippen LogP contribution in [-0.4, -0.2) is 33.2 Å². The van der Waals surface area contributed by atoms with Crippen molar-refractivity contribution in [2.45, 2.75) is 39.2 Å². The predicted octanol–water partition coefficient (Wildman–Crippen LogP) is 2.33. The number of aromatic nitrogens is 4. The number of rotatable bonds is 5. The van der Waals surface area contributed by atoms with E-state index >= 15 is 0 Å². The minimum absolute atomic E-state index is 0.185. The quantitative estimate of drug-likeness (QED) is 0.908. The lowest BCUT2D eigenvalue weighted by Crippen LogP contribution is -2.21. The summed E-state index contributed by atoms with van der Waals surface area (Å²) in [6.07, 6.45) is 3.32. The lowest BCUT2D eigenvalue weighted by Gasteiger charge is -2.17. The van der Waals surface area contributed by atoms with E-state index in [2.05, 4.69) is 25.4 Å². The Morgan fingerprint density at radius 3 is 2.77 bits per heavy atom. The highest BCUT2D eigenvalue weighted by Gasteiger charge is 2.19. The zero-order valence-electron chi connectivity index (χ0n) is 12.7. The van der Waals surface area contributed by atoms with Crippen molar-refractivity contribution >= 4 is 11.8 Å². The van der Waals surface area contributed by atoms with Crippen molar-refractivity contribution in [3.8, 4) is 0 Å². The van der Waals surface area contributed by atoms with Crippen molar-refractivity contribution < 1.29 is 8.91 Å². The molecule has 0 bridgehead atoms. The standard InChI is InChI=1S/C14H19FN6O/c1-9(2)13-18-11(20-22-13)8-17-14-16-7-10(15)12(19-14)21-5-3-4-6-21/h7,9H,3-6,8H2,1-2H3,(H,16,17,19). The second kappa shape index (κ2) is 6.25. The first kappa shape index (κ1) is 14.7. The summed E-state index contributed by atoms with van der Waals surface area (Å²) in [5, 5.41) is 6.89. The zero-order valence-corrected chi connectivity index (χ0v) is 12.7. The van der Waals surface area contributed by atoms with Crippen molar-refractivity contribution in [2.24, 2.45) is 0 Å². The van der Waals surface area contributed by atoms with Crippen molar-refractivity contribution in [3.05, 3.63) is 23.7 Å². The van der Waals surface area contributed by atoms with Crippen LogP contribution in [0.5, 0.6) is 0 Å². The van der Waals surface area contributed by atoms with Gasteiger partial charge in [0.05, 0.1) is 12.7 Å². The van der Waals surface area contributed by atoms with Gasteiger partial charge in [-0.1, -0.05) is 19.0 Å². The molecule has 3 heterocycles. The number of nitrogens with one attached hydrogen (secondary N) is 1. The molecule has 0 aliphatic carbocycles. The van der Waals surface area contributed by atoms with Crippen LogP contribution in [0.4, 0.5) is 16.2 Å². The Morgan fingerprint density at radius 1 is 1.32 bits per heavy atom. The summed E-state index contributed by atoms with van der Waals surface area (Å²) >= 11 is 0. The minimum atomic E-state index is -0.394. The molecule has 8 heteroatoms. The molecule has 118 valence electrons. The Balaban J connectivity index is 1.68. The van der Waals surface area contributed by atoms with Crippen molar-refractivity contribution in [1.29, 1.82) is 0 Å². The van der Waals surface area contributed by atoms with E-state index < -0.39 is 5.82 Å². The van der Waals surface area contributed by atoms with Gasteiger partial charge in [0.2, 0.25) is 11.8 Å². The van der Waals surface area contributed by atoms with Gasteiger partial charge >= 0.3 is 0 Å². The lowest BCUT2D eigenvalue weighted by atomic mass is 10.2. The van der Waals surface area contributed by atoms with E-state index in [-0.39, 0.29) is 5.92 Å². The van der Waals surface area contributed by atoms with Crippen molar-refractivity contribution in [3.63, 3.8) is 0 Å². The summed E-state index contributed by atoms with van der Waals surface area (Å²) in [6.45, 7) is 5.96. The molecule has 22 heavy (non-hydrogen) atoms. The third-order valence-electron chi connectivity index (χ3n) is 3.51. The first-order valence-electron chi connectivity index (χ1n) is 7.47.